The first-order chi connectivity index (χ1) is 13.7. The van der Waals surface area contributed by atoms with E-state index in [9.17, 15) is 14.0 Å². The van der Waals surface area contributed by atoms with E-state index in [4.69, 9.17) is 26.4 Å². The lowest BCUT2D eigenvalue weighted by molar-refractivity contribution is -0.148. The Morgan fingerprint density at radius 3 is 2.62 bits per heavy atom. The number of hydrogen-bond donors (Lipinski definition) is 3. The van der Waals surface area contributed by atoms with Gasteiger partial charge >= 0.3 is 5.97 Å². The van der Waals surface area contributed by atoms with Crippen LogP contribution in [0.2, 0.25) is 0 Å². The van der Waals surface area contributed by atoms with E-state index in [2.05, 4.69) is 0 Å². The van der Waals surface area contributed by atoms with Crippen LogP contribution in [0.3, 0.4) is 0 Å². The van der Waals surface area contributed by atoms with Gasteiger partial charge in [0.2, 0.25) is 0 Å². The molecule has 0 fully saturated rings. The number of nitrogens with one attached hydrogen (secondary N) is 1. The monoisotopic (exact) mass is 399 g/mol. The number of benzene rings is 2. The van der Waals surface area contributed by atoms with E-state index in [1.54, 1.807) is 19.1 Å². The molecule has 0 spiro atoms. The molecule has 1 heterocycles. The van der Waals surface area contributed by atoms with Crippen LogP contribution < -0.4 is 16.2 Å². The van der Waals surface area contributed by atoms with Gasteiger partial charge in [0, 0.05) is 17.5 Å². The van der Waals surface area contributed by atoms with Crippen molar-refractivity contribution >= 4 is 17.6 Å². The highest BCUT2D eigenvalue weighted by atomic mass is 19.1. The van der Waals surface area contributed by atoms with Gasteiger partial charge in [0.1, 0.15) is 17.4 Å². The third-order valence-electron chi connectivity index (χ3n) is 4.73. The summed E-state index contributed by atoms with van der Waals surface area (Å²) in [7, 11) is 0. The summed E-state index contributed by atoms with van der Waals surface area (Å²) in [6.07, 6.45) is 0.797. The predicted molar refractivity (Wildman–Crippen MR) is 104 cm³/mol. The van der Waals surface area contributed by atoms with E-state index in [0.29, 0.717) is 24.2 Å². The van der Waals surface area contributed by atoms with E-state index in [1.165, 1.54) is 18.2 Å². The molecule has 1 aliphatic rings. The quantitative estimate of drug-likeness (QED) is 0.296. The third kappa shape index (κ3) is 4.43. The van der Waals surface area contributed by atoms with Gasteiger partial charge in [-0.2, -0.15) is 0 Å². The Kier molecular flexibility index (Phi) is 5.65. The number of ketones is 1. The number of hydrogen-bond acceptors (Lipinski definition) is 6. The van der Waals surface area contributed by atoms with E-state index in [0.717, 1.165) is 11.6 Å². The normalized spacial score (nSPS) is 17.8. The highest BCUT2D eigenvalue weighted by Crippen LogP contribution is 2.34. The maximum Gasteiger partial charge on any atom is 0.311 e. The summed E-state index contributed by atoms with van der Waals surface area (Å²) in [6, 6.07) is 8.56. The number of halogens is 1. The first-order valence-electron chi connectivity index (χ1n) is 9.17. The number of nitrogens with two attached hydrogens (primary N) is 2. The van der Waals surface area contributed by atoms with Gasteiger partial charge in [0.25, 0.3) is 0 Å². The topological polar surface area (TPSA) is 128 Å². The average Bonchev–Trinajstić information content (AvgIpc) is 2.66. The van der Waals surface area contributed by atoms with E-state index >= 15 is 0 Å². The summed E-state index contributed by atoms with van der Waals surface area (Å²) >= 11 is 0. The van der Waals surface area contributed by atoms with Gasteiger partial charge in [-0.25, -0.2) is 4.39 Å². The molecule has 152 valence electrons. The molecule has 0 saturated carbocycles. The molecule has 2 aromatic rings. The minimum atomic E-state index is -1.17. The largest absolute Gasteiger partial charge is 0.472 e. The van der Waals surface area contributed by atoms with Gasteiger partial charge < -0.3 is 15.2 Å². The minimum Gasteiger partial charge on any atom is -0.472 e. The molecule has 3 rings (SSSR count). The highest BCUT2D eigenvalue weighted by molar-refractivity contribution is 6.10. The number of amidine groups is 1. The number of nitrogen functional groups attached to an aromatic ring is 1. The molecule has 0 amide bonds. The van der Waals surface area contributed by atoms with Gasteiger partial charge in [0.15, 0.2) is 11.5 Å². The van der Waals surface area contributed by atoms with Crippen molar-refractivity contribution in [2.24, 2.45) is 11.5 Å². The Morgan fingerprint density at radius 2 is 1.97 bits per heavy atom. The van der Waals surface area contributed by atoms with E-state index < -0.39 is 23.3 Å². The Balaban J connectivity index is 1.81. The zero-order valence-corrected chi connectivity index (χ0v) is 16.0. The van der Waals surface area contributed by atoms with Crippen LogP contribution in [0.15, 0.2) is 36.4 Å². The van der Waals surface area contributed by atoms with Gasteiger partial charge in [-0.1, -0.05) is 6.07 Å². The van der Waals surface area contributed by atoms with Gasteiger partial charge in [-0.15, -0.1) is 0 Å². The summed E-state index contributed by atoms with van der Waals surface area (Å²) < 4.78 is 25.0. The molecule has 0 saturated heterocycles. The molecular formula is C21H22FN3O4. The zero-order valence-electron chi connectivity index (χ0n) is 16.0. The van der Waals surface area contributed by atoms with Crippen LogP contribution in [0, 0.1) is 11.2 Å². The summed E-state index contributed by atoms with van der Waals surface area (Å²) in [5.74, 6) is -1.47. The van der Waals surface area contributed by atoms with Crippen molar-refractivity contribution in [2.45, 2.75) is 31.9 Å². The molecular weight excluding hydrogens is 377 g/mol. The first kappa shape index (κ1) is 20.5. The number of carbonyl (C=O) groups excluding carboxylic acids is 2. The number of ether oxygens (including phenoxy) is 2. The molecule has 0 bridgehead atoms. The first-order valence-corrected chi connectivity index (χ1v) is 9.17. The predicted octanol–water partition coefficient (Wildman–Crippen LogP) is 2.27. The molecule has 2 aromatic carbocycles. The highest BCUT2D eigenvalue weighted by Gasteiger charge is 2.35. The van der Waals surface area contributed by atoms with Gasteiger partial charge in [-0.05, 0) is 49.2 Å². The Morgan fingerprint density at radius 1 is 1.24 bits per heavy atom. The number of fused-ring (bicyclic) bond motifs is 1. The van der Waals surface area contributed by atoms with E-state index in [-0.39, 0.29) is 30.0 Å². The van der Waals surface area contributed by atoms with Crippen molar-refractivity contribution < 1.29 is 23.5 Å². The lowest BCUT2D eigenvalue weighted by Gasteiger charge is -2.34. The molecule has 8 heteroatoms. The maximum atomic E-state index is 14.3. The SMILES string of the molecule is CCOC(=O)C[C@]1(N)CCc2cc(C(=O)c3ccc(C(=N)N)cc3F)ccc2O1. The van der Waals surface area contributed by atoms with Crippen molar-refractivity contribution in [1.82, 2.24) is 0 Å². The van der Waals surface area contributed by atoms with Crippen molar-refractivity contribution in [3.05, 3.63) is 64.5 Å². The summed E-state index contributed by atoms with van der Waals surface area (Å²) in [5, 5.41) is 7.35. The van der Waals surface area contributed by atoms with Crippen molar-refractivity contribution in [2.75, 3.05) is 6.61 Å². The van der Waals surface area contributed by atoms with E-state index in [1.807, 2.05) is 0 Å². The van der Waals surface area contributed by atoms with Gasteiger partial charge in [0.05, 0.1) is 18.6 Å². The fourth-order valence-electron chi connectivity index (χ4n) is 3.23. The molecule has 0 radical (unpaired) electrons. The summed E-state index contributed by atoms with van der Waals surface area (Å²) in [4.78, 5) is 24.5. The van der Waals surface area contributed by atoms with Crippen LogP contribution in [-0.2, 0) is 16.0 Å². The fourth-order valence-corrected chi connectivity index (χ4v) is 3.23. The van der Waals surface area contributed by atoms with Crippen molar-refractivity contribution in [3.63, 3.8) is 0 Å². The minimum absolute atomic E-state index is 0.0747. The lowest BCUT2D eigenvalue weighted by Crippen LogP contribution is -2.50. The van der Waals surface area contributed by atoms with Crippen LogP contribution in [0.1, 0.15) is 46.8 Å². The van der Waals surface area contributed by atoms with Crippen LogP contribution in [0.5, 0.6) is 5.75 Å². The van der Waals surface area contributed by atoms with Crippen LogP contribution in [-0.4, -0.2) is 29.9 Å². The Hall–Kier alpha value is -3.26. The van der Waals surface area contributed by atoms with Crippen LogP contribution >= 0.6 is 0 Å². The lowest BCUT2D eigenvalue weighted by atomic mass is 9.93. The number of rotatable bonds is 6. The third-order valence-corrected chi connectivity index (χ3v) is 4.73. The molecule has 0 aliphatic carbocycles. The second-order valence-electron chi connectivity index (χ2n) is 6.91. The smallest absolute Gasteiger partial charge is 0.311 e. The second-order valence-corrected chi connectivity index (χ2v) is 6.91. The molecule has 1 aliphatic heterocycles. The molecule has 1 atom stereocenters. The Bertz CT molecular complexity index is 992. The summed E-state index contributed by atoms with van der Waals surface area (Å²) in [6.45, 7) is 1.98. The molecule has 7 nitrogen and oxygen atoms in total. The van der Waals surface area contributed by atoms with Crippen molar-refractivity contribution in [3.8, 4) is 5.75 Å². The second kappa shape index (κ2) is 8.00. The average molecular weight is 399 g/mol. The van der Waals surface area contributed by atoms with Crippen LogP contribution in [0.25, 0.3) is 0 Å². The number of carbonyl (C=O) groups is 2. The standard InChI is InChI=1S/C21H22FN3O4/c1-2-28-18(26)11-21(25)8-7-12-9-13(4-6-17(12)29-21)19(27)15-5-3-14(20(23)24)10-16(15)22/h3-6,9-10H,2,7-8,11,25H2,1H3,(H3,23,24)/t21-/m0/s1. The molecule has 0 aromatic heterocycles. The summed E-state index contributed by atoms with van der Waals surface area (Å²) in [5.41, 5.74) is 11.5. The maximum absolute atomic E-state index is 14.3. The molecule has 29 heavy (non-hydrogen) atoms. The zero-order chi connectivity index (χ0) is 21.2. The number of esters is 1. The fraction of sp³-hybridized carbons (Fsp3) is 0.286. The molecule has 5 N–H and O–H groups in total. The van der Waals surface area contributed by atoms with Crippen LogP contribution in [0.4, 0.5) is 4.39 Å². The molecule has 0 unspecified atom stereocenters. The van der Waals surface area contributed by atoms with Crippen molar-refractivity contribution in [1.29, 1.82) is 5.41 Å². The number of aryl methyl sites for hydroxylation is 1. The Labute approximate surface area is 167 Å². The van der Waals surface area contributed by atoms with Gasteiger partial charge in [-0.3, -0.25) is 20.7 Å².